The zero-order valence-electron chi connectivity index (χ0n) is 9.11. The highest BCUT2D eigenvalue weighted by Crippen LogP contribution is 2.12. The van der Waals surface area contributed by atoms with Crippen molar-refractivity contribution in [3.8, 4) is 0 Å². The van der Waals surface area contributed by atoms with Crippen molar-refractivity contribution in [3.05, 3.63) is 0 Å². The summed E-state index contributed by atoms with van der Waals surface area (Å²) in [5.41, 5.74) is 5.50. The van der Waals surface area contributed by atoms with Gasteiger partial charge in [-0.3, -0.25) is 4.79 Å². The van der Waals surface area contributed by atoms with E-state index in [1.165, 1.54) is 13.5 Å². The van der Waals surface area contributed by atoms with Crippen LogP contribution >= 0.6 is 0 Å². The van der Waals surface area contributed by atoms with Crippen LogP contribution in [-0.2, 0) is 19.0 Å². The van der Waals surface area contributed by atoms with Crippen molar-refractivity contribution in [2.45, 2.75) is 31.4 Å². The first kappa shape index (κ1) is 12.4. The summed E-state index contributed by atoms with van der Waals surface area (Å²) >= 11 is 0. The van der Waals surface area contributed by atoms with Crippen LogP contribution in [0.25, 0.3) is 0 Å². The molecule has 1 aliphatic rings. The highest BCUT2D eigenvalue weighted by Gasteiger charge is 2.17. The van der Waals surface area contributed by atoms with Gasteiger partial charge < -0.3 is 19.9 Å². The van der Waals surface area contributed by atoms with Gasteiger partial charge >= 0.3 is 5.97 Å². The van der Waals surface area contributed by atoms with E-state index in [1.807, 2.05) is 0 Å². The first-order valence-corrected chi connectivity index (χ1v) is 5.26. The Kier molecular flexibility index (Phi) is 5.60. The molecule has 5 nitrogen and oxygen atoms in total. The molecule has 0 aliphatic carbocycles. The van der Waals surface area contributed by atoms with Gasteiger partial charge in [-0.15, -0.1) is 0 Å². The van der Waals surface area contributed by atoms with E-state index < -0.39 is 12.0 Å². The third kappa shape index (κ3) is 4.59. The van der Waals surface area contributed by atoms with Gasteiger partial charge in [0.05, 0.1) is 26.4 Å². The second kappa shape index (κ2) is 6.76. The zero-order chi connectivity index (χ0) is 11.1. The second-order valence-electron chi connectivity index (χ2n) is 3.66. The van der Waals surface area contributed by atoms with Gasteiger partial charge in [-0.2, -0.15) is 0 Å². The monoisotopic (exact) mass is 217 g/mol. The normalized spacial score (nSPS) is 23.5. The summed E-state index contributed by atoms with van der Waals surface area (Å²) in [5.74, 6) is -0.445. The molecule has 0 radical (unpaired) electrons. The fraction of sp³-hybridized carbons (Fsp3) is 0.900. The van der Waals surface area contributed by atoms with E-state index in [0.29, 0.717) is 6.61 Å². The van der Waals surface area contributed by atoms with Crippen LogP contribution in [0.2, 0.25) is 0 Å². The van der Waals surface area contributed by atoms with Crippen molar-refractivity contribution in [3.63, 3.8) is 0 Å². The predicted octanol–water partition coefficient (Wildman–Crippen LogP) is 0.0724. The highest BCUT2D eigenvalue weighted by atomic mass is 16.5. The average Bonchev–Trinajstić information content (AvgIpc) is 2.29. The number of rotatable bonds is 5. The van der Waals surface area contributed by atoms with Crippen molar-refractivity contribution in [1.82, 2.24) is 0 Å². The zero-order valence-corrected chi connectivity index (χ0v) is 9.11. The number of methoxy groups -OCH3 is 1. The molecule has 15 heavy (non-hydrogen) atoms. The van der Waals surface area contributed by atoms with E-state index >= 15 is 0 Å². The third-order valence-corrected chi connectivity index (χ3v) is 2.38. The Morgan fingerprint density at radius 2 is 2.40 bits per heavy atom. The van der Waals surface area contributed by atoms with E-state index in [9.17, 15) is 4.79 Å². The molecule has 2 N–H and O–H groups in total. The Hall–Kier alpha value is -0.650. The molecular weight excluding hydrogens is 198 g/mol. The Labute approximate surface area is 89.9 Å². The summed E-state index contributed by atoms with van der Waals surface area (Å²) in [7, 11) is 1.31. The fourth-order valence-electron chi connectivity index (χ4n) is 1.48. The van der Waals surface area contributed by atoms with Crippen molar-refractivity contribution >= 4 is 5.97 Å². The van der Waals surface area contributed by atoms with Gasteiger partial charge in [0.25, 0.3) is 0 Å². The van der Waals surface area contributed by atoms with Crippen LogP contribution < -0.4 is 5.73 Å². The molecule has 1 fully saturated rings. The maximum Gasteiger partial charge on any atom is 0.325 e. The number of carbonyl (C=O) groups is 1. The molecule has 5 heteroatoms. The number of ether oxygens (including phenoxy) is 3. The number of nitrogens with two attached hydrogens (primary N) is 1. The van der Waals surface area contributed by atoms with Crippen LogP contribution in [0.1, 0.15) is 19.3 Å². The largest absolute Gasteiger partial charge is 0.468 e. The van der Waals surface area contributed by atoms with Gasteiger partial charge in [-0.05, 0) is 19.3 Å². The minimum Gasteiger partial charge on any atom is -0.468 e. The molecule has 88 valence electrons. The van der Waals surface area contributed by atoms with E-state index in [4.69, 9.17) is 15.2 Å². The van der Waals surface area contributed by atoms with Crippen LogP contribution in [0.15, 0.2) is 0 Å². The summed E-state index contributed by atoms with van der Waals surface area (Å²) in [6.07, 6.45) is 3.48. The number of hydrogen-bond acceptors (Lipinski definition) is 5. The average molecular weight is 217 g/mol. The van der Waals surface area contributed by atoms with Crippen LogP contribution in [0, 0.1) is 0 Å². The molecule has 0 aromatic carbocycles. The van der Waals surface area contributed by atoms with E-state index in [2.05, 4.69) is 4.74 Å². The van der Waals surface area contributed by atoms with Gasteiger partial charge in [0, 0.05) is 6.61 Å². The molecule has 0 bridgehead atoms. The Bertz CT molecular complexity index is 192. The Morgan fingerprint density at radius 3 is 3.00 bits per heavy atom. The molecular formula is C10H19NO4. The standard InChI is InChI=1S/C10H19NO4/c1-13-10(12)9(11)7-14-6-8-4-2-3-5-15-8/h8-9H,2-7,11H2,1H3. The highest BCUT2D eigenvalue weighted by molar-refractivity contribution is 5.75. The first-order valence-electron chi connectivity index (χ1n) is 5.26. The van der Waals surface area contributed by atoms with Crippen molar-refractivity contribution in [2.24, 2.45) is 5.73 Å². The smallest absolute Gasteiger partial charge is 0.325 e. The summed E-state index contributed by atoms with van der Waals surface area (Å²) < 4.78 is 15.3. The lowest BCUT2D eigenvalue weighted by atomic mass is 10.1. The minimum atomic E-state index is -0.696. The number of esters is 1. The van der Waals surface area contributed by atoms with Gasteiger partial charge in [0.15, 0.2) is 0 Å². The molecule has 0 amide bonds. The van der Waals surface area contributed by atoms with E-state index in [1.54, 1.807) is 0 Å². The topological polar surface area (TPSA) is 70.8 Å². The lowest BCUT2D eigenvalue weighted by molar-refractivity contribution is -0.144. The van der Waals surface area contributed by atoms with E-state index in [-0.39, 0.29) is 12.7 Å². The van der Waals surface area contributed by atoms with Gasteiger partial charge in [0.2, 0.25) is 0 Å². The quantitative estimate of drug-likeness (QED) is 0.660. The molecule has 0 saturated carbocycles. The summed E-state index contributed by atoms with van der Waals surface area (Å²) in [6.45, 7) is 1.49. The summed E-state index contributed by atoms with van der Waals surface area (Å²) in [5, 5.41) is 0. The minimum absolute atomic E-state index is 0.156. The van der Waals surface area contributed by atoms with Crippen LogP contribution in [0.3, 0.4) is 0 Å². The maximum atomic E-state index is 10.9. The number of hydrogen-bond donors (Lipinski definition) is 1. The van der Waals surface area contributed by atoms with Crippen LogP contribution in [-0.4, -0.2) is 45.0 Å². The van der Waals surface area contributed by atoms with Gasteiger partial charge in [-0.1, -0.05) is 0 Å². The van der Waals surface area contributed by atoms with Gasteiger partial charge in [-0.25, -0.2) is 0 Å². The molecule has 1 rings (SSSR count). The van der Waals surface area contributed by atoms with Crippen molar-refractivity contribution in [1.29, 1.82) is 0 Å². The molecule has 2 atom stereocenters. The Balaban J connectivity index is 2.07. The number of carbonyl (C=O) groups excluding carboxylic acids is 1. The maximum absolute atomic E-state index is 10.9. The van der Waals surface area contributed by atoms with Crippen molar-refractivity contribution < 1.29 is 19.0 Å². The third-order valence-electron chi connectivity index (χ3n) is 2.38. The molecule has 0 spiro atoms. The molecule has 1 heterocycles. The second-order valence-corrected chi connectivity index (χ2v) is 3.66. The first-order chi connectivity index (χ1) is 7.24. The molecule has 1 aliphatic heterocycles. The van der Waals surface area contributed by atoms with Crippen LogP contribution in [0.4, 0.5) is 0 Å². The van der Waals surface area contributed by atoms with Crippen LogP contribution in [0.5, 0.6) is 0 Å². The summed E-state index contributed by atoms with van der Waals surface area (Å²) in [4.78, 5) is 10.9. The molecule has 2 unspecified atom stereocenters. The lowest BCUT2D eigenvalue weighted by Gasteiger charge is -2.22. The predicted molar refractivity (Wildman–Crippen MR) is 54.4 cm³/mol. The molecule has 1 saturated heterocycles. The van der Waals surface area contributed by atoms with Gasteiger partial charge in [0.1, 0.15) is 6.04 Å². The van der Waals surface area contributed by atoms with Crippen molar-refractivity contribution in [2.75, 3.05) is 26.9 Å². The summed E-state index contributed by atoms with van der Waals surface area (Å²) in [6, 6.07) is -0.696. The molecule has 0 aromatic rings. The Morgan fingerprint density at radius 1 is 1.60 bits per heavy atom. The SMILES string of the molecule is COC(=O)C(N)COCC1CCCCO1. The lowest BCUT2D eigenvalue weighted by Crippen LogP contribution is -2.37. The molecule has 0 aromatic heterocycles. The van der Waals surface area contributed by atoms with E-state index in [0.717, 1.165) is 19.4 Å². The fourth-order valence-corrected chi connectivity index (χ4v) is 1.48.